The summed E-state index contributed by atoms with van der Waals surface area (Å²) >= 11 is 0. The second kappa shape index (κ2) is 6.62. The van der Waals surface area contributed by atoms with Crippen molar-refractivity contribution in [1.82, 2.24) is 19.2 Å². The maximum Gasteiger partial charge on any atom is 0.423 e. The Kier molecular flexibility index (Phi) is 4.22. The number of aromatic nitrogens is 4. The van der Waals surface area contributed by atoms with Crippen LogP contribution in [0.3, 0.4) is 0 Å². The van der Waals surface area contributed by atoms with Gasteiger partial charge < -0.3 is 9.30 Å². The second-order valence-electron chi connectivity index (χ2n) is 6.19. The number of hydrogen-bond acceptors (Lipinski definition) is 5. The first-order chi connectivity index (χ1) is 13.7. The van der Waals surface area contributed by atoms with Crippen molar-refractivity contribution in [1.29, 1.82) is 0 Å². The lowest BCUT2D eigenvalue weighted by atomic mass is 10.1. The Labute approximate surface area is 160 Å². The SMILES string of the molecule is Cn1cnc(-c2cc3c(Oc4ccc([N+](=O)[O-])c(C(F)(F)F)c4)cccn3n2)c1. The molecular formula is C18H12F3N5O3. The number of nitro benzene ring substituents is 1. The average molecular weight is 403 g/mol. The van der Waals surface area contributed by atoms with E-state index in [9.17, 15) is 23.3 Å². The molecule has 11 heteroatoms. The number of halogens is 3. The van der Waals surface area contributed by atoms with Crippen LogP contribution in [0, 0.1) is 10.1 Å². The van der Waals surface area contributed by atoms with Gasteiger partial charge in [-0.2, -0.15) is 18.3 Å². The number of pyridine rings is 1. The molecule has 0 spiro atoms. The van der Waals surface area contributed by atoms with Gasteiger partial charge >= 0.3 is 6.18 Å². The summed E-state index contributed by atoms with van der Waals surface area (Å²) in [4.78, 5) is 14.0. The van der Waals surface area contributed by atoms with Gasteiger partial charge in [-0.1, -0.05) is 0 Å². The highest BCUT2D eigenvalue weighted by Crippen LogP contribution is 2.39. The molecule has 0 radical (unpaired) electrons. The van der Waals surface area contributed by atoms with E-state index in [1.54, 1.807) is 41.5 Å². The maximum atomic E-state index is 13.2. The monoisotopic (exact) mass is 403 g/mol. The van der Waals surface area contributed by atoms with Crippen molar-refractivity contribution in [2.24, 2.45) is 7.05 Å². The maximum absolute atomic E-state index is 13.2. The van der Waals surface area contributed by atoms with Crippen molar-refractivity contribution >= 4 is 11.2 Å². The molecule has 3 heterocycles. The average Bonchev–Trinajstić information content (AvgIpc) is 3.27. The van der Waals surface area contributed by atoms with E-state index >= 15 is 0 Å². The summed E-state index contributed by atoms with van der Waals surface area (Å²) in [7, 11) is 1.81. The topological polar surface area (TPSA) is 87.5 Å². The predicted molar refractivity (Wildman–Crippen MR) is 95.6 cm³/mol. The van der Waals surface area contributed by atoms with Crippen LogP contribution in [-0.4, -0.2) is 24.1 Å². The third-order valence-corrected chi connectivity index (χ3v) is 4.13. The predicted octanol–water partition coefficient (Wildman–Crippen LogP) is 4.45. The number of benzene rings is 1. The van der Waals surface area contributed by atoms with Gasteiger partial charge in [-0.3, -0.25) is 10.1 Å². The number of hydrogen-bond donors (Lipinski definition) is 0. The van der Waals surface area contributed by atoms with Crippen LogP contribution in [0.2, 0.25) is 0 Å². The van der Waals surface area contributed by atoms with E-state index in [1.165, 1.54) is 4.52 Å². The van der Waals surface area contributed by atoms with Crippen LogP contribution >= 0.6 is 0 Å². The summed E-state index contributed by atoms with van der Waals surface area (Å²) in [6.07, 6.45) is 0.155. The van der Waals surface area contributed by atoms with E-state index in [0.717, 1.165) is 12.1 Å². The molecule has 0 unspecified atom stereocenters. The van der Waals surface area contributed by atoms with Crippen molar-refractivity contribution in [2.75, 3.05) is 0 Å². The fourth-order valence-electron chi connectivity index (χ4n) is 2.84. The molecule has 0 bridgehead atoms. The van der Waals surface area contributed by atoms with Gasteiger partial charge in [0.2, 0.25) is 0 Å². The molecule has 0 aliphatic carbocycles. The molecule has 1 aromatic carbocycles. The van der Waals surface area contributed by atoms with E-state index in [1.807, 2.05) is 7.05 Å². The summed E-state index contributed by atoms with van der Waals surface area (Å²) in [6.45, 7) is 0. The summed E-state index contributed by atoms with van der Waals surface area (Å²) in [5, 5.41) is 15.3. The third kappa shape index (κ3) is 3.49. The van der Waals surface area contributed by atoms with Crippen LogP contribution < -0.4 is 4.74 Å². The third-order valence-electron chi connectivity index (χ3n) is 4.13. The van der Waals surface area contributed by atoms with Crippen LogP contribution in [-0.2, 0) is 13.2 Å². The molecule has 0 aliphatic rings. The van der Waals surface area contributed by atoms with Crippen LogP contribution in [0.4, 0.5) is 18.9 Å². The molecule has 0 atom stereocenters. The van der Waals surface area contributed by atoms with Crippen molar-refractivity contribution < 1.29 is 22.8 Å². The molecular weight excluding hydrogens is 391 g/mol. The van der Waals surface area contributed by atoms with Gasteiger partial charge in [-0.05, 0) is 30.3 Å². The fraction of sp³-hybridized carbons (Fsp3) is 0.111. The fourth-order valence-corrected chi connectivity index (χ4v) is 2.84. The zero-order valence-corrected chi connectivity index (χ0v) is 14.8. The molecule has 148 valence electrons. The zero-order valence-electron chi connectivity index (χ0n) is 14.8. The normalized spacial score (nSPS) is 11.7. The molecule has 4 aromatic rings. The van der Waals surface area contributed by atoms with Gasteiger partial charge in [0, 0.05) is 25.5 Å². The molecule has 29 heavy (non-hydrogen) atoms. The van der Waals surface area contributed by atoms with Crippen molar-refractivity contribution in [3.63, 3.8) is 0 Å². The van der Waals surface area contributed by atoms with Crippen molar-refractivity contribution in [3.8, 4) is 22.9 Å². The van der Waals surface area contributed by atoms with Gasteiger partial charge in [0.15, 0.2) is 5.75 Å². The number of nitro groups is 1. The van der Waals surface area contributed by atoms with Gasteiger partial charge in [-0.25, -0.2) is 9.50 Å². The molecule has 3 aromatic heterocycles. The molecule has 0 saturated heterocycles. The molecule has 0 amide bonds. The van der Waals surface area contributed by atoms with Crippen molar-refractivity contribution in [3.05, 3.63) is 70.8 Å². The first-order valence-electron chi connectivity index (χ1n) is 8.22. The lowest BCUT2D eigenvalue weighted by molar-refractivity contribution is -0.388. The Morgan fingerprint density at radius 1 is 1.17 bits per heavy atom. The largest absolute Gasteiger partial charge is 0.455 e. The van der Waals surface area contributed by atoms with Crippen LogP contribution in [0.5, 0.6) is 11.5 Å². The summed E-state index contributed by atoms with van der Waals surface area (Å²) in [5.74, 6) is 0.0563. The quantitative estimate of drug-likeness (QED) is 0.371. The van der Waals surface area contributed by atoms with Gasteiger partial charge in [0.05, 0.1) is 11.3 Å². The number of rotatable bonds is 4. The Balaban J connectivity index is 1.75. The van der Waals surface area contributed by atoms with E-state index in [-0.39, 0.29) is 11.5 Å². The van der Waals surface area contributed by atoms with Gasteiger partial charge in [-0.15, -0.1) is 0 Å². The van der Waals surface area contributed by atoms with Gasteiger partial charge in [0.25, 0.3) is 5.69 Å². The summed E-state index contributed by atoms with van der Waals surface area (Å²) in [5.41, 5.74) is -0.738. The number of nitrogens with zero attached hydrogens (tertiary/aromatic N) is 5. The number of ether oxygens (including phenoxy) is 1. The lowest BCUT2D eigenvalue weighted by Crippen LogP contribution is -2.09. The molecule has 0 N–H and O–H groups in total. The van der Waals surface area contributed by atoms with Crippen molar-refractivity contribution in [2.45, 2.75) is 6.18 Å². The Hall–Kier alpha value is -3.89. The minimum Gasteiger partial charge on any atom is -0.455 e. The van der Waals surface area contributed by atoms with Crippen LogP contribution in [0.1, 0.15) is 5.56 Å². The van der Waals surface area contributed by atoms with E-state index < -0.39 is 22.4 Å². The van der Waals surface area contributed by atoms with E-state index in [2.05, 4.69) is 10.1 Å². The highest BCUT2D eigenvalue weighted by atomic mass is 19.4. The van der Waals surface area contributed by atoms with Crippen LogP contribution in [0.25, 0.3) is 16.9 Å². The molecule has 0 aliphatic heterocycles. The summed E-state index contributed by atoms with van der Waals surface area (Å²) in [6, 6.07) is 7.37. The van der Waals surface area contributed by atoms with Crippen LogP contribution in [0.15, 0.2) is 55.1 Å². The Morgan fingerprint density at radius 3 is 2.62 bits per heavy atom. The molecule has 0 fully saturated rings. The standard InChI is InChI=1S/C18H12F3N5O3/c1-24-9-14(22-10-24)13-8-16-17(3-2-6-25(16)23-13)29-11-4-5-15(26(27)28)12(7-11)18(19,20)21/h2-10H,1H3. The minimum atomic E-state index is -4.89. The highest BCUT2D eigenvalue weighted by Gasteiger charge is 2.38. The smallest absolute Gasteiger partial charge is 0.423 e. The van der Waals surface area contributed by atoms with Gasteiger partial charge in [0.1, 0.15) is 28.2 Å². The molecule has 4 rings (SSSR count). The van der Waals surface area contributed by atoms with E-state index in [4.69, 9.17) is 4.74 Å². The number of aryl methyl sites for hydroxylation is 1. The number of alkyl halides is 3. The summed E-state index contributed by atoms with van der Waals surface area (Å²) < 4.78 is 48.4. The number of fused-ring (bicyclic) bond motifs is 1. The van der Waals surface area contributed by atoms with E-state index in [0.29, 0.717) is 23.0 Å². The highest BCUT2D eigenvalue weighted by molar-refractivity contribution is 5.69. The lowest BCUT2D eigenvalue weighted by Gasteiger charge is -2.11. The molecule has 8 nitrogen and oxygen atoms in total. The first kappa shape index (κ1) is 18.5. The Morgan fingerprint density at radius 2 is 1.97 bits per heavy atom. The zero-order chi connectivity index (χ0) is 20.8. The Bertz CT molecular complexity index is 1230. The minimum absolute atomic E-state index is 0.184. The number of imidazole rings is 1. The second-order valence-corrected chi connectivity index (χ2v) is 6.19. The first-order valence-corrected chi connectivity index (χ1v) is 8.22. The molecule has 0 saturated carbocycles.